The molecule has 3 rings (SSSR count). The Morgan fingerprint density at radius 1 is 1.04 bits per heavy atom. The zero-order chi connectivity index (χ0) is 19.6. The number of aromatic hydroxyl groups is 1. The lowest BCUT2D eigenvalue weighted by Crippen LogP contribution is -2.04. The van der Waals surface area contributed by atoms with Gasteiger partial charge in [0, 0.05) is 11.6 Å². The predicted molar refractivity (Wildman–Crippen MR) is 114 cm³/mol. The first-order valence-corrected chi connectivity index (χ1v) is 9.97. The summed E-state index contributed by atoms with van der Waals surface area (Å²) in [5.74, 6) is 2.22. The molecule has 1 atom stereocenters. The molecule has 0 fully saturated rings. The molecule has 27 heavy (non-hydrogen) atoms. The maximum absolute atomic E-state index is 9.33. The van der Waals surface area contributed by atoms with Gasteiger partial charge in [-0.1, -0.05) is 45.0 Å². The van der Waals surface area contributed by atoms with Crippen LogP contribution in [0.25, 0.3) is 0 Å². The Balaban J connectivity index is 0.000000369. The molecule has 0 aliphatic rings. The van der Waals surface area contributed by atoms with Gasteiger partial charge in [-0.05, 0) is 53.6 Å². The summed E-state index contributed by atoms with van der Waals surface area (Å²) in [4.78, 5) is 3.71. The minimum atomic E-state index is 0.317. The van der Waals surface area contributed by atoms with Gasteiger partial charge in [0.25, 0.3) is 0 Å². The standard InChI is InChI=1S/C19H24O2.C3H4N2S/c1-14(2)13-21-19-10-4-16(5-11-19)12-15(3)17-6-8-18(20)9-7-17;4-3-5-1-2-6-3/h4-11,14-15,20H,12-13H2,1-3H3;1-2H,(H2,4,5). The summed E-state index contributed by atoms with van der Waals surface area (Å²) in [6.45, 7) is 7.25. The number of nitrogen functional groups attached to an aromatic ring is 1. The third kappa shape index (κ3) is 7.71. The third-order valence-corrected chi connectivity index (χ3v) is 4.57. The molecule has 144 valence electrons. The number of aromatic nitrogens is 1. The molecule has 0 saturated carbocycles. The smallest absolute Gasteiger partial charge is 0.179 e. The van der Waals surface area contributed by atoms with E-state index in [1.807, 2.05) is 29.6 Å². The van der Waals surface area contributed by atoms with Crippen molar-refractivity contribution >= 4 is 16.5 Å². The molecule has 0 saturated heterocycles. The monoisotopic (exact) mass is 384 g/mol. The Morgan fingerprint density at radius 2 is 1.70 bits per heavy atom. The van der Waals surface area contributed by atoms with E-state index in [4.69, 9.17) is 10.5 Å². The van der Waals surface area contributed by atoms with Crippen molar-refractivity contribution < 1.29 is 9.84 Å². The van der Waals surface area contributed by atoms with Crippen molar-refractivity contribution in [3.05, 3.63) is 71.2 Å². The normalized spacial score (nSPS) is 11.6. The van der Waals surface area contributed by atoms with E-state index >= 15 is 0 Å². The fraction of sp³-hybridized carbons (Fsp3) is 0.318. The number of phenolic OH excluding ortho intramolecular Hbond substituents is 1. The van der Waals surface area contributed by atoms with Crippen molar-refractivity contribution in [3.8, 4) is 11.5 Å². The molecule has 0 amide bonds. The summed E-state index contributed by atoms with van der Waals surface area (Å²) in [6.07, 6.45) is 2.66. The molecular weight excluding hydrogens is 356 g/mol. The summed E-state index contributed by atoms with van der Waals surface area (Å²) < 4.78 is 5.70. The molecule has 1 heterocycles. The molecule has 0 radical (unpaired) electrons. The van der Waals surface area contributed by atoms with Gasteiger partial charge in [0.15, 0.2) is 5.13 Å². The van der Waals surface area contributed by atoms with Crippen LogP contribution in [0.2, 0.25) is 0 Å². The van der Waals surface area contributed by atoms with Crippen LogP contribution in [-0.4, -0.2) is 16.7 Å². The summed E-state index contributed by atoms with van der Waals surface area (Å²) in [5.41, 5.74) is 7.73. The molecule has 0 aliphatic carbocycles. The molecule has 3 aromatic rings. The number of phenols is 1. The molecule has 0 aliphatic heterocycles. The zero-order valence-corrected chi connectivity index (χ0v) is 16.9. The number of nitrogens with zero attached hydrogens (tertiary/aromatic N) is 1. The fourth-order valence-corrected chi connectivity index (χ4v) is 2.88. The minimum absolute atomic E-state index is 0.317. The van der Waals surface area contributed by atoms with Crippen molar-refractivity contribution in [1.82, 2.24) is 4.98 Å². The Kier molecular flexibility index (Phi) is 8.14. The van der Waals surface area contributed by atoms with E-state index in [1.54, 1.807) is 18.3 Å². The third-order valence-electron chi connectivity index (χ3n) is 3.96. The fourth-order valence-electron chi connectivity index (χ4n) is 2.49. The number of hydrogen-bond acceptors (Lipinski definition) is 5. The van der Waals surface area contributed by atoms with Crippen LogP contribution in [0.3, 0.4) is 0 Å². The number of anilines is 1. The van der Waals surface area contributed by atoms with E-state index in [1.165, 1.54) is 22.5 Å². The largest absolute Gasteiger partial charge is 0.508 e. The SMILES string of the molecule is CC(C)COc1ccc(CC(C)c2ccc(O)cc2)cc1.Nc1nccs1. The second kappa shape index (κ2) is 10.6. The van der Waals surface area contributed by atoms with Crippen molar-refractivity contribution in [2.24, 2.45) is 5.92 Å². The van der Waals surface area contributed by atoms with Crippen molar-refractivity contribution in [2.75, 3.05) is 12.3 Å². The van der Waals surface area contributed by atoms with Gasteiger partial charge in [0.2, 0.25) is 0 Å². The van der Waals surface area contributed by atoms with Crippen LogP contribution in [0.15, 0.2) is 60.1 Å². The Bertz CT molecular complexity index is 769. The predicted octanol–water partition coefficient (Wildman–Crippen LogP) is 5.50. The van der Waals surface area contributed by atoms with Crippen LogP contribution in [0.5, 0.6) is 11.5 Å². The molecule has 1 aromatic heterocycles. The highest BCUT2D eigenvalue weighted by Gasteiger charge is 2.07. The molecule has 1 unspecified atom stereocenters. The molecule has 2 aromatic carbocycles. The first-order valence-electron chi connectivity index (χ1n) is 9.09. The van der Waals surface area contributed by atoms with Gasteiger partial charge in [0.05, 0.1) is 6.61 Å². The second-order valence-corrected chi connectivity index (χ2v) is 7.84. The van der Waals surface area contributed by atoms with Gasteiger partial charge in [-0.3, -0.25) is 0 Å². The Hall–Kier alpha value is -2.53. The van der Waals surface area contributed by atoms with Crippen molar-refractivity contribution in [3.63, 3.8) is 0 Å². The minimum Gasteiger partial charge on any atom is -0.508 e. The van der Waals surface area contributed by atoms with Crippen molar-refractivity contribution in [2.45, 2.75) is 33.1 Å². The number of rotatable bonds is 6. The second-order valence-electron chi connectivity index (χ2n) is 6.92. The maximum atomic E-state index is 9.33. The molecule has 3 N–H and O–H groups in total. The average molecular weight is 385 g/mol. The quantitative estimate of drug-likeness (QED) is 0.589. The number of thiazole rings is 1. The maximum Gasteiger partial charge on any atom is 0.179 e. The summed E-state index contributed by atoms with van der Waals surface area (Å²) >= 11 is 1.44. The van der Waals surface area contributed by atoms with E-state index in [-0.39, 0.29) is 0 Å². The average Bonchev–Trinajstić information content (AvgIpc) is 3.13. The van der Waals surface area contributed by atoms with E-state index in [2.05, 4.69) is 37.9 Å². The molecule has 0 bridgehead atoms. The lowest BCUT2D eigenvalue weighted by Gasteiger charge is -2.13. The first kappa shape index (κ1) is 20.8. The topological polar surface area (TPSA) is 68.4 Å². The van der Waals surface area contributed by atoms with Crippen LogP contribution < -0.4 is 10.5 Å². The summed E-state index contributed by atoms with van der Waals surface area (Å²) in [5, 5.41) is 11.8. The van der Waals surface area contributed by atoms with E-state index < -0.39 is 0 Å². The number of benzene rings is 2. The van der Waals surface area contributed by atoms with Gasteiger partial charge < -0.3 is 15.6 Å². The zero-order valence-electron chi connectivity index (χ0n) is 16.1. The van der Waals surface area contributed by atoms with E-state index in [0.29, 0.717) is 22.7 Å². The van der Waals surface area contributed by atoms with Gasteiger partial charge in [-0.25, -0.2) is 4.98 Å². The first-order chi connectivity index (χ1) is 12.9. The summed E-state index contributed by atoms with van der Waals surface area (Å²) in [6, 6.07) is 15.8. The van der Waals surface area contributed by atoms with Crippen LogP contribution in [0.1, 0.15) is 37.8 Å². The van der Waals surface area contributed by atoms with Gasteiger partial charge >= 0.3 is 0 Å². The molecule has 0 spiro atoms. The molecular formula is C22H28N2O2S. The highest BCUT2D eigenvalue weighted by molar-refractivity contribution is 7.13. The lowest BCUT2D eigenvalue weighted by atomic mass is 9.94. The van der Waals surface area contributed by atoms with Gasteiger partial charge in [-0.2, -0.15) is 0 Å². The summed E-state index contributed by atoms with van der Waals surface area (Å²) in [7, 11) is 0. The lowest BCUT2D eigenvalue weighted by molar-refractivity contribution is 0.271. The van der Waals surface area contributed by atoms with Crippen LogP contribution in [-0.2, 0) is 6.42 Å². The highest BCUT2D eigenvalue weighted by atomic mass is 32.1. The molecule has 5 heteroatoms. The Labute approximate surface area is 165 Å². The number of nitrogens with two attached hydrogens (primary N) is 1. The van der Waals surface area contributed by atoms with Crippen molar-refractivity contribution in [1.29, 1.82) is 0 Å². The molecule has 4 nitrogen and oxygen atoms in total. The van der Waals surface area contributed by atoms with Crippen LogP contribution >= 0.6 is 11.3 Å². The van der Waals surface area contributed by atoms with Gasteiger partial charge in [0.1, 0.15) is 11.5 Å². The van der Waals surface area contributed by atoms with Gasteiger partial charge in [-0.15, -0.1) is 11.3 Å². The van der Waals surface area contributed by atoms with Crippen LogP contribution in [0.4, 0.5) is 5.13 Å². The number of ether oxygens (including phenoxy) is 1. The highest BCUT2D eigenvalue weighted by Crippen LogP contribution is 2.23. The Morgan fingerprint density at radius 3 is 2.19 bits per heavy atom. The van der Waals surface area contributed by atoms with Crippen LogP contribution in [0, 0.1) is 5.92 Å². The van der Waals surface area contributed by atoms with E-state index in [0.717, 1.165) is 18.8 Å². The van der Waals surface area contributed by atoms with E-state index in [9.17, 15) is 5.11 Å². The number of hydrogen-bond donors (Lipinski definition) is 2.